The molecule has 1 heterocycles. The molecule has 2 atom stereocenters. The summed E-state index contributed by atoms with van der Waals surface area (Å²) in [6.45, 7) is 13.6. The summed E-state index contributed by atoms with van der Waals surface area (Å²) in [6, 6.07) is 7.77. The van der Waals surface area contributed by atoms with Crippen molar-refractivity contribution >= 4 is 34.8 Å². The maximum Gasteiger partial charge on any atom is 0.242 e. The van der Waals surface area contributed by atoms with E-state index >= 15 is 0 Å². The normalized spacial score (nSPS) is 17.2. The average molecular weight is 408 g/mol. The molecule has 1 aromatic rings. The number of carbonyl (C=O) groups is 2. The second-order valence-corrected chi connectivity index (χ2v) is 9.75. The molecule has 0 bridgehead atoms. The summed E-state index contributed by atoms with van der Waals surface area (Å²) in [4.78, 5) is 28.5. The molecular weight excluding hydrogens is 374 g/mol. The van der Waals surface area contributed by atoms with E-state index in [2.05, 4.69) is 37.9 Å². The molecule has 6 heteroatoms. The Bertz CT molecular complexity index is 659. The number of carbonyl (C=O) groups excluding carboxylic acids is 2. The largest absolute Gasteiger partial charge is 0.368 e. The molecule has 1 aliphatic heterocycles. The van der Waals surface area contributed by atoms with Crippen LogP contribution in [0.2, 0.25) is 0 Å². The second kappa shape index (κ2) is 9.64. The van der Waals surface area contributed by atoms with Gasteiger partial charge in [0, 0.05) is 44.0 Å². The van der Waals surface area contributed by atoms with Gasteiger partial charge in [-0.25, -0.2) is 0 Å². The SMILES string of the molecule is C[C@H](CC(=O)N1CCN(c2ccc(NC(=O)[C@@H](C)Cl)cc2)CC1)CC(C)(C)C. The first-order valence-electron chi connectivity index (χ1n) is 10.1. The molecule has 0 radical (unpaired) electrons. The van der Waals surface area contributed by atoms with Crippen molar-refractivity contribution in [3.05, 3.63) is 24.3 Å². The van der Waals surface area contributed by atoms with Crippen LogP contribution in [0.3, 0.4) is 0 Å². The molecule has 2 rings (SSSR count). The lowest BCUT2D eigenvalue weighted by Crippen LogP contribution is -2.49. The van der Waals surface area contributed by atoms with Crippen molar-refractivity contribution in [1.82, 2.24) is 4.90 Å². The van der Waals surface area contributed by atoms with Crippen LogP contribution in [-0.4, -0.2) is 48.3 Å². The smallest absolute Gasteiger partial charge is 0.242 e. The second-order valence-electron chi connectivity index (χ2n) is 9.09. The number of nitrogens with one attached hydrogen (secondary N) is 1. The van der Waals surface area contributed by atoms with Crippen LogP contribution >= 0.6 is 11.6 Å². The summed E-state index contributed by atoms with van der Waals surface area (Å²) in [5.41, 5.74) is 2.10. The van der Waals surface area contributed by atoms with Gasteiger partial charge < -0.3 is 15.1 Å². The lowest BCUT2D eigenvalue weighted by atomic mass is 9.84. The van der Waals surface area contributed by atoms with Gasteiger partial charge in [-0.2, -0.15) is 0 Å². The highest BCUT2D eigenvalue weighted by Gasteiger charge is 2.24. The molecule has 0 aromatic heterocycles. The van der Waals surface area contributed by atoms with E-state index in [-0.39, 0.29) is 17.2 Å². The van der Waals surface area contributed by atoms with E-state index in [9.17, 15) is 9.59 Å². The molecule has 1 N–H and O–H groups in total. The van der Waals surface area contributed by atoms with E-state index in [1.54, 1.807) is 6.92 Å². The van der Waals surface area contributed by atoms with E-state index in [1.807, 2.05) is 29.2 Å². The number of hydrogen-bond acceptors (Lipinski definition) is 3. The van der Waals surface area contributed by atoms with Crippen LogP contribution in [0.5, 0.6) is 0 Å². The minimum atomic E-state index is -0.559. The third-order valence-electron chi connectivity index (χ3n) is 4.98. The van der Waals surface area contributed by atoms with Crippen molar-refractivity contribution in [3.63, 3.8) is 0 Å². The van der Waals surface area contributed by atoms with Crippen molar-refractivity contribution in [1.29, 1.82) is 0 Å². The Morgan fingerprint density at radius 3 is 2.14 bits per heavy atom. The number of amides is 2. The first-order valence-corrected chi connectivity index (χ1v) is 10.6. The van der Waals surface area contributed by atoms with Crippen molar-refractivity contribution in [3.8, 4) is 0 Å². The topological polar surface area (TPSA) is 52.7 Å². The average Bonchev–Trinajstić information content (AvgIpc) is 2.60. The molecule has 0 spiro atoms. The predicted molar refractivity (Wildman–Crippen MR) is 117 cm³/mol. The minimum Gasteiger partial charge on any atom is -0.368 e. The van der Waals surface area contributed by atoms with E-state index in [4.69, 9.17) is 11.6 Å². The predicted octanol–water partition coefficient (Wildman–Crippen LogP) is 4.36. The maximum absolute atomic E-state index is 12.6. The summed E-state index contributed by atoms with van der Waals surface area (Å²) < 4.78 is 0. The fourth-order valence-corrected chi connectivity index (χ4v) is 3.81. The molecule has 2 amide bonds. The van der Waals surface area contributed by atoms with E-state index < -0.39 is 5.38 Å². The van der Waals surface area contributed by atoms with E-state index in [1.165, 1.54) is 0 Å². The van der Waals surface area contributed by atoms with Gasteiger partial charge in [-0.3, -0.25) is 9.59 Å². The van der Waals surface area contributed by atoms with Gasteiger partial charge in [0.2, 0.25) is 11.8 Å². The summed E-state index contributed by atoms with van der Waals surface area (Å²) in [5.74, 6) is 0.468. The zero-order valence-electron chi connectivity index (χ0n) is 17.8. The van der Waals surface area contributed by atoms with Gasteiger partial charge in [-0.05, 0) is 48.9 Å². The zero-order chi connectivity index (χ0) is 20.9. The fourth-order valence-electron chi connectivity index (χ4n) is 3.76. The Morgan fingerprint density at radius 1 is 1.07 bits per heavy atom. The van der Waals surface area contributed by atoms with Crippen LogP contribution in [-0.2, 0) is 9.59 Å². The Labute approximate surface area is 174 Å². The lowest BCUT2D eigenvalue weighted by molar-refractivity contribution is -0.132. The molecule has 0 unspecified atom stereocenters. The summed E-state index contributed by atoms with van der Waals surface area (Å²) in [6.07, 6.45) is 1.69. The number of nitrogens with zero attached hydrogens (tertiary/aromatic N) is 2. The van der Waals surface area contributed by atoms with Gasteiger partial charge in [0.15, 0.2) is 0 Å². The third-order valence-corrected chi connectivity index (χ3v) is 5.18. The molecule has 1 saturated heterocycles. The van der Waals surface area contributed by atoms with Crippen molar-refractivity contribution < 1.29 is 9.59 Å². The molecule has 1 aliphatic rings. The number of alkyl halides is 1. The third kappa shape index (κ3) is 7.01. The molecule has 0 aliphatic carbocycles. The standard InChI is InChI=1S/C22H34ClN3O2/c1-16(15-22(3,4)5)14-20(27)26-12-10-25(11-13-26)19-8-6-18(7-9-19)24-21(28)17(2)23/h6-9,16-17H,10-15H2,1-5H3,(H,24,28)/t16-,17-/m1/s1. The number of piperazine rings is 1. The van der Waals surface area contributed by atoms with Crippen LogP contribution in [0.4, 0.5) is 11.4 Å². The van der Waals surface area contributed by atoms with Crippen molar-refractivity contribution in [2.24, 2.45) is 11.3 Å². The van der Waals surface area contributed by atoms with Gasteiger partial charge >= 0.3 is 0 Å². The lowest BCUT2D eigenvalue weighted by Gasteiger charge is -2.37. The van der Waals surface area contributed by atoms with Gasteiger partial charge in [0.05, 0.1) is 0 Å². The summed E-state index contributed by atoms with van der Waals surface area (Å²) >= 11 is 5.78. The van der Waals surface area contributed by atoms with Crippen LogP contribution in [0.15, 0.2) is 24.3 Å². The van der Waals surface area contributed by atoms with Gasteiger partial charge in [0.1, 0.15) is 5.38 Å². The van der Waals surface area contributed by atoms with E-state index in [0.717, 1.165) is 44.0 Å². The molecular formula is C22H34ClN3O2. The quantitative estimate of drug-likeness (QED) is 0.712. The summed E-state index contributed by atoms with van der Waals surface area (Å²) in [7, 11) is 0. The van der Waals surface area contributed by atoms with Gasteiger partial charge in [-0.1, -0.05) is 27.7 Å². The number of hydrogen-bond donors (Lipinski definition) is 1. The van der Waals surface area contributed by atoms with Crippen LogP contribution < -0.4 is 10.2 Å². The molecule has 5 nitrogen and oxygen atoms in total. The molecule has 28 heavy (non-hydrogen) atoms. The first-order chi connectivity index (χ1) is 13.0. The molecule has 1 fully saturated rings. The maximum atomic E-state index is 12.6. The number of anilines is 2. The van der Waals surface area contributed by atoms with Crippen LogP contribution in [0, 0.1) is 11.3 Å². The Balaban J connectivity index is 1.83. The number of benzene rings is 1. The molecule has 156 valence electrons. The fraction of sp³-hybridized carbons (Fsp3) is 0.636. The number of halogens is 1. The first kappa shape index (κ1) is 22.5. The highest BCUT2D eigenvalue weighted by Crippen LogP contribution is 2.27. The molecule has 0 saturated carbocycles. The van der Waals surface area contributed by atoms with Crippen molar-refractivity contribution in [2.75, 3.05) is 36.4 Å². The highest BCUT2D eigenvalue weighted by atomic mass is 35.5. The number of rotatable bonds is 6. The van der Waals surface area contributed by atoms with E-state index in [0.29, 0.717) is 12.3 Å². The van der Waals surface area contributed by atoms with Crippen LogP contribution in [0.25, 0.3) is 0 Å². The van der Waals surface area contributed by atoms with Crippen LogP contribution in [0.1, 0.15) is 47.5 Å². The van der Waals surface area contributed by atoms with Gasteiger partial charge in [0.25, 0.3) is 0 Å². The van der Waals surface area contributed by atoms with Crippen molar-refractivity contribution in [2.45, 2.75) is 52.8 Å². The molecule has 1 aromatic carbocycles. The summed E-state index contributed by atoms with van der Waals surface area (Å²) in [5, 5.41) is 2.23. The zero-order valence-corrected chi connectivity index (χ0v) is 18.6. The monoisotopic (exact) mass is 407 g/mol. The minimum absolute atomic E-state index is 0.206. The Hall–Kier alpha value is -1.75. The van der Waals surface area contributed by atoms with Gasteiger partial charge in [-0.15, -0.1) is 11.6 Å². The Kier molecular flexibility index (Phi) is 7.76. The Morgan fingerprint density at radius 2 is 1.64 bits per heavy atom. The highest BCUT2D eigenvalue weighted by molar-refractivity contribution is 6.32.